The molecule has 5 heteroatoms. The van der Waals surface area contributed by atoms with Gasteiger partial charge in [0.2, 0.25) is 5.36 Å². The van der Waals surface area contributed by atoms with E-state index in [4.69, 9.17) is 0 Å². The maximum Gasteiger partial charge on any atom is 0.254 e. The monoisotopic (exact) mass is 672 g/mol. The first-order valence-electron chi connectivity index (χ1n) is 19.4. The summed E-state index contributed by atoms with van der Waals surface area (Å²) in [7, 11) is 1.89. The largest absolute Gasteiger partial charge is 0.366 e. The summed E-state index contributed by atoms with van der Waals surface area (Å²) >= 11 is 0. The van der Waals surface area contributed by atoms with Gasteiger partial charge in [-0.05, 0) is 115 Å². The molecule has 1 atom stereocenters. The summed E-state index contributed by atoms with van der Waals surface area (Å²) in [5.41, 5.74) is 12.8. The molecular formula is C45H58N3O2+. The fourth-order valence-electron chi connectivity index (χ4n) is 10.2. The maximum atomic E-state index is 14.4. The Bertz CT molecular complexity index is 2010. The predicted octanol–water partition coefficient (Wildman–Crippen LogP) is 7.15. The number of aryl methyl sites for hydroxylation is 1. The van der Waals surface area contributed by atoms with Gasteiger partial charge in [0, 0.05) is 78.6 Å². The van der Waals surface area contributed by atoms with E-state index >= 15 is 0 Å². The zero-order valence-corrected chi connectivity index (χ0v) is 32.1. The molecule has 0 N–H and O–H groups in total. The lowest BCUT2D eigenvalue weighted by molar-refractivity contribution is -0.122. The van der Waals surface area contributed by atoms with Crippen LogP contribution in [0.25, 0.3) is 5.57 Å². The third kappa shape index (κ3) is 5.54. The number of Topliss-reactive ketones (excluding diaryl/α,β-unsaturated/α-hetero) is 1. The van der Waals surface area contributed by atoms with Crippen molar-refractivity contribution in [2.45, 2.75) is 117 Å². The molecule has 7 rings (SSSR count). The summed E-state index contributed by atoms with van der Waals surface area (Å²) in [5, 5.41) is 2.82. The van der Waals surface area contributed by atoms with Crippen molar-refractivity contribution in [2.75, 3.05) is 38.1 Å². The third-order valence-corrected chi connectivity index (χ3v) is 12.5. The highest BCUT2D eigenvalue weighted by atomic mass is 16.2. The van der Waals surface area contributed by atoms with E-state index in [1.165, 1.54) is 68.1 Å². The van der Waals surface area contributed by atoms with Crippen LogP contribution in [-0.2, 0) is 23.1 Å². The number of benzene rings is 3. The fourth-order valence-corrected chi connectivity index (χ4v) is 10.2. The summed E-state index contributed by atoms with van der Waals surface area (Å²) < 4.78 is 2.66. The Morgan fingerprint density at radius 1 is 1.00 bits per heavy atom. The van der Waals surface area contributed by atoms with Gasteiger partial charge in [0.1, 0.15) is 18.9 Å². The average Bonchev–Trinajstić information content (AvgIpc) is 3.07. The van der Waals surface area contributed by atoms with Gasteiger partial charge in [0.15, 0.2) is 0 Å². The number of hydrogen-bond acceptors (Lipinski definition) is 3. The summed E-state index contributed by atoms with van der Waals surface area (Å²) in [6.45, 7) is 22.1. The molecule has 0 fully saturated rings. The number of amides is 1. The van der Waals surface area contributed by atoms with Gasteiger partial charge in [-0.1, -0.05) is 52.8 Å². The molecule has 3 heterocycles. The first-order chi connectivity index (χ1) is 23.8. The van der Waals surface area contributed by atoms with Crippen LogP contribution < -0.4 is 20.1 Å². The van der Waals surface area contributed by atoms with Gasteiger partial charge in [0.05, 0.1) is 0 Å². The topological polar surface area (TPSA) is 43.6 Å². The molecule has 1 aliphatic carbocycles. The Labute approximate surface area is 300 Å². The van der Waals surface area contributed by atoms with Crippen LogP contribution in [0.5, 0.6) is 0 Å². The summed E-state index contributed by atoms with van der Waals surface area (Å²) in [6, 6.07) is 15.9. The highest BCUT2D eigenvalue weighted by molar-refractivity contribution is 6.02. The number of hydrogen-bond donors (Lipinski definition) is 0. The summed E-state index contributed by atoms with van der Waals surface area (Å²) in [5.74, 6) is 0.728. The molecule has 0 saturated heterocycles. The van der Waals surface area contributed by atoms with Crippen LogP contribution >= 0.6 is 0 Å². The van der Waals surface area contributed by atoms with Crippen molar-refractivity contribution in [1.29, 1.82) is 0 Å². The summed E-state index contributed by atoms with van der Waals surface area (Å²) in [6.07, 6.45) is 6.86. The van der Waals surface area contributed by atoms with Crippen LogP contribution in [0.3, 0.4) is 0 Å². The minimum Gasteiger partial charge on any atom is -0.366 e. The number of nitrogens with zero attached hydrogens (tertiary/aromatic N) is 3. The van der Waals surface area contributed by atoms with Crippen molar-refractivity contribution in [1.82, 2.24) is 9.48 Å². The molecule has 5 nitrogen and oxygen atoms in total. The van der Waals surface area contributed by atoms with E-state index in [1.807, 2.05) is 37.9 Å². The summed E-state index contributed by atoms with van der Waals surface area (Å²) in [4.78, 5) is 31.3. The lowest BCUT2D eigenvalue weighted by atomic mass is 9.64. The van der Waals surface area contributed by atoms with Gasteiger partial charge in [-0.25, -0.2) is 4.58 Å². The number of carbonyl (C=O) groups is 2. The number of carbonyl (C=O) groups excluding carboxylic acids is 2. The van der Waals surface area contributed by atoms with Crippen molar-refractivity contribution in [3.63, 3.8) is 0 Å². The second-order valence-electron chi connectivity index (χ2n) is 17.1. The van der Waals surface area contributed by atoms with E-state index in [2.05, 4.69) is 81.3 Å². The van der Waals surface area contributed by atoms with Gasteiger partial charge < -0.3 is 9.80 Å². The maximum absolute atomic E-state index is 14.4. The van der Waals surface area contributed by atoms with Crippen molar-refractivity contribution in [2.24, 2.45) is 5.92 Å². The fraction of sp³-hybridized carbons (Fsp3) is 0.533. The molecule has 0 spiro atoms. The van der Waals surface area contributed by atoms with Crippen LogP contribution in [0.4, 0.5) is 5.69 Å². The van der Waals surface area contributed by atoms with Crippen molar-refractivity contribution >= 4 is 23.0 Å². The Hall–Kier alpha value is -3.73. The minimum atomic E-state index is -0.211. The molecule has 0 bridgehead atoms. The molecule has 0 aromatic heterocycles. The zero-order valence-electron chi connectivity index (χ0n) is 32.1. The number of fused-ring (bicyclic) bond motifs is 4. The molecule has 3 aromatic carbocycles. The Balaban J connectivity index is 1.50. The standard InChI is InChI=1S/C45H58N3O2/c1-10-48-38-26-37-35(25-34(38)29(4)27-44(48,5)6)40(31-17-11-12-18-32(31)43(50)46(9)21-15-20-39(49)28(2)3)36-24-30-16-13-22-47-23-14-19-33(42(30)47)41(36)45(37,7)8/h11-12,17-18,24-26,28-29H,10,13-16,19-23,27H2,1-9H3/q+1. The molecule has 264 valence electrons. The van der Waals surface area contributed by atoms with Gasteiger partial charge in [0.25, 0.3) is 5.91 Å². The number of ketones is 1. The minimum absolute atomic E-state index is 0.0220. The molecule has 1 amide bonds. The Kier molecular flexibility index (Phi) is 8.88. The SMILES string of the molecule is CCN1c2cc3c(cc2C(C)CC1(C)C)C(c1ccccc1C(=O)N(C)CCCC(=O)C(C)C)=c1cc2c4c(c1C3(C)C)CCC[N+]=4CCC2. The van der Waals surface area contributed by atoms with E-state index in [0.717, 1.165) is 50.0 Å². The highest BCUT2D eigenvalue weighted by Crippen LogP contribution is 2.50. The first-order valence-corrected chi connectivity index (χ1v) is 19.4. The predicted molar refractivity (Wildman–Crippen MR) is 206 cm³/mol. The Morgan fingerprint density at radius 2 is 1.72 bits per heavy atom. The molecule has 0 saturated carbocycles. The van der Waals surface area contributed by atoms with E-state index < -0.39 is 0 Å². The zero-order chi connectivity index (χ0) is 35.7. The molecule has 3 aromatic rings. The quantitative estimate of drug-likeness (QED) is 0.239. The van der Waals surface area contributed by atoms with Gasteiger partial charge in [-0.2, -0.15) is 0 Å². The lowest BCUT2D eigenvalue weighted by Gasteiger charge is -2.48. The second-order valence-corrected chi connectivity index (χ2v) is 17.1. The van der Waals surface area contributed by atoms with Crippen molar-refractivity contribution < 1.29 is 9.59 Å². The normalized spacial score (nSPS) is 19.8. The van der Waals surface area contributed by atoms with Crippen LogP contribution in [0.1, 0.15) is 143 Å². The number of rotatable bonds is 8. The van der Waals surface area contributed by atoms with E-state index in [0.29, 0.717) is 25.3 Å². The highest BCUT2D eigenvalue weighted by Gasteiger charge is 2.43. The molecular weight excluding hydrogens is 615 g/mol. The molecule has 1 unspecified atom stereocenters. The van der Waals surface area contributed by atoms with Gasteiger partial charge in [-0.3, -0.25) is 9.59 Å². The number of anilines is 1. The van der Waals surface area contributed by atoms with E-state index in [1.54, 1.807) is 0 Å². The average molecular weight is 673 g/mol. The van der Waals surface area contributed by atoms with Crippen molar-refractivity contribution in [3.8, 4) is 0 Å². The molecule has 4 aliphatic rings. The second kappa shape index (κ2) is 12.8. The van der Waals surface area contributed by atoms with E-state index in [9.17, 15) is 9.59 Å². The van der Waals surface area contributed by atoms with Crippen LogP contribution in [0.2, 0.25) is 0 Å². The van der Waals surface area contributed by atoms with Crippen LogP contribution in [0.15, 0.2) is 42.5 Å². The van der Waals surface area contributed by atoms with Gasteiger partial charge >= 0.3 is 0 Å². The smallest absolute Gasteiger partial charge is 0.254 e. The molecule has 0 radical (unpaired) electrons. The molecule has 50 heavy (non-hydrogen) atoms. The first kappa shape index (κ1) is 34.7. The van der Waals surface area contributed by atoms with Gasteiger partial charge in [-0.15, -0.1) is 0 Å². The van der Waals surface area contributed by atoms with E-state index in [-0.39, 0.29) is 28.6 Å². The van der Waals surface area contributed by atoms with Crippen LogP contribution in [0, 0.1) is 5.92 Å². The van der Waals surface area contributed by atoms with Crippen LogP contribution in [-0.4, -0.2) is 55.4 Å². The Morgan fingerprint density at radius 3 is 2.44 bits per heavy atom. The third-order valence-electron chi connectivity index (χ3n) is 12.5. The molecule has 3 aliphatic heterocycles. The van der Waals surface area contributed by atoms with Crippen molar-refractivity contribution in [3.05, 3.63) is 97.5 Å². The lowest BCUT2D eigenvalue weighted by Crippen LogP contribution is -2.50.